The minimum atomic E-state index is -4.64. The van der Waals surface area contributed by atoms with Crippen LogP contribution < -0.4 is 0 Å². The lowest BCUT2D eigenvalue weighted by Crippen LogP contribution is -1.99. The SMILES string of the molecule is CCCCCCCOP(=O)(O)OCCCCCCC.O=P(O)(O)O. The maximum absolute atomic E-state index is 11.5. The van der Waals surface area contributed by atoms with E-state index in [4.69, 9.17) is 28.3 Å². The predicted molar refractivity (Wildman–Crippen MR) is 93.5 cm³/mol. The van der Waals surface area contributed by atoms with Crippen LogP contribution in [0.25, 0.3) is 0 Å². The van der Waals surface area contributed by atoms with Crippen LogP contribution in [0.5, 0.6) is 0 Å². The van der Waals surface area contributed by atoms with Crippen molar-refractivity contribution in [1.82, 2.24) is 0 Å². The molecule has 0 aliphatic carbocycles. The molecule has 0 aliphatic heterocycles. The molecule has 0 aromatic rings. The monoisotopic (exact) mass is 392 g/mol. The van der Waals surface area contributed by atoms with E-state index in [1.807, 2.05) is 0 Å². The third-order valence-electron chi connectivity index (χ3n) is 3.00. The second kappa shape index (κ2) is 16.7. The number of unbranched alkanes of at least 4 members (excludes halogenated alkanes) is 8. The summed E-state index contributed by atoms with van der Waals surface area (Å²) in [5.74, 6) is 0. The zero-order valence-corrected chi connectivity index (χ0v) is 16.6. The van der Waals surface area contributed by atoms with E-state index in [0.29, 0.717) is 13.2 Å². The van der Waals surface area contributed by atoms with Gasteiger partial charge < -0.3 is 19.6 Å². The number of hydrogen-bond donors (Lipinski definition) is 4. The molecule has 0 aliphatic rings. The molecular weight excluding hydrogens is 358 g/mol. The maximum atomic E-state index is 11.5. The van der Waals surface area contributed by atoms with E-state index in [-0.39, 0.29) is 0 Å². The Morgan fingerprint density at radius 2 is 0.917 bits per heavy atom. The fourth-order valence-electron chi connectivity index (χ4n) is 1.81. The standard InChI is InChI=1S/C14H31O4P.H3O4P/c1-3-5-7-9-11-13-17-19(15,16)18-14-12-10-8-6-4-2;1-5(2,3)4/h3-14H2,1-2H3,(H,15,16);(H3,1,2,3,4). The third-order valence-corrected chi connectivity index (χ3v) is 4.02. The van der Waals surface area contributed by atoms with E-state index >= 15 is 0 Å². The number of rotatable bonds is 14. The molecule has 0 radical (unpaired) electrons. The van der Waals surface area contributed by atoms with Gasteiger partial charge in [-0.3, -0.25) is 9.05 Å². The zero-order chi connectivity index (χ0) is 18.9. The Kier molecular flexibility index (Phi) is 18.4. The van der Waals surface area contributed by atoms with Crippen LogP contribution in [0, 0.1) is 0 Å². The lowest BCUT2D eigenvalue weighted by molar-refractivity contribution is 0.145. The average Bonchev–Trinajstić information content (AvgIpc) is 2.44. The molecular formula is C14H34O8P2. The quantitative estimate of drug-likeness (QED) is 0.256. The first-order valence-corrected chi connectivity index (χ1v) is 11.6. The van der Waals surface area contributed by atoms with E-state index < -0.39 is 15.6 Å². The van der Waals surface area contributed by atoms with Crippen molar-refractivity contribution < 1.29 is 37.8 Å². The van der Waals surface area contributed by atoms with E-state index in [1.165, 1.54) is 25.7 Å². The molecule has 10 heteroatoms. The summed E-state index contributed by atoms with van der Waals surface area (Å²) in [5, 5.41) is 0. The van der Waals surface area contributed by atoms with Crippen molar-refractivity contribution in [2.45, 2.75) is 78.1 Å². The van der Waals surface area contributed by atoms with Crippen LogP contribution in [-0.4, -0.2) is 32.8 Å². The molecule has 0 saturated carbocycles. The van der Waals surface area contributed by atoms with Crippen molar-refractivity contribution >= 4 is 15.6 Å². The normalized spacial score (nSPS) is 11.9. The van der Waals surface area contributed by atoms with Crippen LogP contribution in [0.3, 0.4) is 0 Å². The first kappa shape index (κ1) is 26.4. The van der Waals surface area contributed by atoms with Crippen LogP contribution in [0.2, 0.25) is 0 Å². The number of hydrogen-bond acceptors (Lipinski definition) is 4. The van der Waals surface area contributed by atoms with Gasteiger partial charge in [0, 0.05) is 0 Å². The summed E-state index contributed by atoms with van der Waals surface area (Å²) in [6.07, 6.45) is 10.9. The molecule has 0 fully saturated rings. The molecule has 8 nitrogen and oxygen atoms in total. The van der Waals surface area contributed by atoms with Crippen molar-refractivity contribution in [3.05, 3.63) is 0 Å². The molecule has 0 atom stereocenters. The van der Waals surface area contributed by atoms with Gasteiger partial charge in [-0.15, -0.1) is 0 Å². The van der Waals surface area contributed by atoms with Gasteiger partial charge in [-0.2, -0.15) is 0 Å². The number of phosphoric ester groups is 1. The molecule has 4 N–H and O–H groups in total. The molecule has 0 aromatic heterocycles. The molecule has 0 spiro atoms. The van der Waals surface area contributed by atoms with E-state index in [1.54, 1.807) is 0 Å². The molecule has 0 bridgehead atoms. The van der Waals surface area contributed by atoms with Gasteiger partial charge in [-0.1, -0.05) is 65.2 Å². The Hall–Kier alpha value is 0.220. The molecule has 0 aromatic carbocycles. The first-order chi connectivity index (χ1) is 11.1. The minimum absolute atomic E-state index is 0.313. The second-order valence-corrected chi connectivity index (χ2v) is 7.96. The van der Waals surface area contributed by atoms with Gasteiger partial charge in [-0.25, -0.2) is 9.13 Å². The van der Waals surface area contributed by atoms with Crippen molar-refractivity contribution in [3.63, 3.8) is 0 Å². The molecule has 0 saturated heterocycles. The fraction of sp³-hybridized carbons (Fsp3) is 1.00. The lowest BCUT2D eigenvalue weighted by atomic mass is 10.2. The Labute approximate surface area is 145 Å². The topological polar surface area (TPSA) is 134 Å². The molecule has 0 unspecified atom stereocenters. The third kappa shape index (κ3) is 30.1. The second-order valence-electron chi connectivity index (χ2n) is 5.48. The number of phosphoric acid groups is 2. The summed E-state index contributed by atoms with van der Waals surface area (Å²) in [6, 6.07) is 0. The van der Waals surface area contributed by atoms with Crippen LogP contribution in [0.15, 0.2) is 0 Å². The van der Waals surface area contributed by atoms with E-state index in [0.717, 1.165) is 38.5 Å². The van der Waals surface area contributed by atoms with Crippen LogP contribution in [-0.2, 0) is 18.2 Å². The summed E-state index contributed by atoms with van der Waals surface area (Å²) in [5.41, 5.74) is 0. The van der Waals surface area contributed by atoms with Crippen molar-refractivity contribution in [3.8, 4) is 0 Å². The van der Waals surface area contributed by atoms with Gasteiger partial charge in [0.25, 0.3) is 0 Å². The van der Waals surface area contributed by atoms with Crippen molar-refractivity contribution in [1.29, 1.82) is 0 Å². The fourth-order valence-corrected chi connectivity index (χ4v) is 2.60. The summed E-state index contributed by atoms with van der Waals surface area (Å²) in [4.78, 5) is 31.0. The first-order valence-electron chi connectivity index (χ1n) is 8.52. The Balaban J connectivity index is 0. The molecule has 0 heterocycles. The summed E-state index contributed by atoms with van der Waals surface area (Å²) >= 11 is 0. The molecule has 0 amide bonds. The summed E-state index contributed by atoms with van der Waals surface area (Å²) in [7, 11) is -8.44. The summed E-state index contributed by atoms with van der Waals surface area (Å²) in [6.45, 7) is 4.94. The smallest absolute Gasteiger partial charge is 0.303 e. The average molecular weight is 392 g/mol. The highest BCUT2D eigenvalue weighted by Crippen LogP contribution is 2.43. The van der Waals surface area contributed by atoms with Crippen LogP contribution in [0.4, 0.5) is 0 Å². The zero-order valence-electron chi connectivity index (χ0n) is 14.8. The van der Waals surface area contributed by atoms with Gasteiger partial charge in [0.15, 0.2) is 0 Å². The van der Waals surface area contributed by atoms with Gasteiger partial charge in [0.1, 0.15) is 0 Å². The highest BCUT2D eigenvalue weighted by molar-refractivity contribution is 7.47. The van der Waals surface area contributed by atoms with Crippen molar-refractivity contribution in [2.24, 2.45) is 0 Å². The molecule has 24 heavy (non-hydrogen) atoms. The Morgan fingerprint density at radius 3 is 1.21 bits per heavy atom. The van der Waals surface area contributed by atoms with Gasteiger partial charge in [-0.05, 0) is 12.8 Å². The predicted octanol–water partition coefficient (Wildman–Crippen LogP) is 4.13. The summed E-state index contributed by atoms with van der Waals surface area (Å²) < 4.78 is 30.2. The molecule has 0 rings (SSSR count). The van der Waals surface area contributed by atoms with Gasteiger partial charge in [0.05, 0.1) is 13.2 Å². The van der Waals surface area contributed by atoms with E-state index in [9.17, 15) is 9.46 Å². The molecule has 148 valence electrons. The van der Waals surface area contributed by atoms with Crippen molar-refractivity contribution in [2.75, 3.05) is 13.2 Å². The van der Waals surface area contributed by atoms with E-state index in [2.05, 4.69) is 13.8 Å². The minimum Gasteiger partial charge on any atom is -0.303 e. The lowest BCUT2D eigenvalue weighted by Gasteiger charge is -2.12. The van der Waals surface area contributed by atoms with Crippen LogP contribution >= 0.6 is 15.6 Å². The highest BCUT2D eigenvalue weighted by atomic mass is 31.2. The highest BCUT2D eigenvalue weighted by Gasteiger charge is 2.19. The van der Waals surface area contributed by atoms with Gasteiger partial charge >= 0.3 is 15.6 Å². The maximum Gasteiger partial charge on any atom is 0.472 e. The van der Waals surface area contributed by atoms with Crippen LogP contribution in [0.1, 0.15) is 78.1 Å². The largest absolute Gasteiger partial charge is 0.472 e. The van der Waals surface area contributed by atoms with Gasteiger partial charge in [0.2, 0.25) is 0 Å². The Bertz CT molecular complexity index is 330. The Morgan fingerprint density at radius 1 is 0.625 bits per heavy atom.